The Balaban J connectivity index is 1.91. The van der Waals surface area contributed by atoms with Crippen LogP contribution in [0.25, 0.3) is 0 Å². The first-order chi connectivity index (χ1) is 7.64. The minimum atomic E-state index is -3.56. The van der Waals surface area contributed by atoms with Gasteiger partial charge < -0.3 is 10.1 Å². The molecule has 1 aromatic carbocycles. The quantitative estimate of drug-likeness (QED) is 0.841. The van der Waals surface area contributed by atoms with Gasteiger partial charge in [-0.25, -0.2) is 0 Å². The molecule has 1 heterocycles. The first-order valence-electron chi connectivity index (χ1n) is 5.11. The molecule has 3 nitrogen and oxygen atoms in total. The maximum Gasteiger partial charge on any atom is 0.535 e. The van der Waals surface area contributed by atoms with Crippen molar-refractivity contribution < 1.29 is 18.3 Å². The SMILES string of the molecule is FC1(F)O[CH]c2c(NC3CC3)cccc2O1. The number of alkyl halides is 2. The predicted molar refractivity (Wildman–Crippen MR) is 53.1 cm³/mol. The van der Waals surface area contributed by atoms with E-state index in [1.807, 2.05) is 6.07 Å². The highest BCUT2D eigenvalue weighted by molar-refractivity contribution is 5.61. The lowest BCUT2D eigenvalue weighted by molar-refractivity contribution is -0.344. The standard InChI is InChI=1S/C11H10F2NO2/c12-11(13)15-6-8-9(14-7-4-5-7)2-1-3-10(8)16-11/h1-3,6-7,14H,4-5H2. The molecule has 0 spiro atoms. The van der Waals surface area contributed by atoms with Crippen LogP contribution in [0.2, 0.25) is 0 Å². The fourth-order valence-electron chi connectivity index (χ4n) is 1.61. The number of nitrogens with one attached hydrogen (secondary N) is 1. The van der Waals surface area contributed by atoms with Crippen LogP contribution in [0.4, 0.5) is 14.5 Å². The maximum absolute atomic E-state index is 12.8. The van der Waals surface area contributed by atoms with Gasteiger partial charge in [0.05, 0.1) is 0 Å². The molecule has 1 fully saturated rings. The Hall–Kier alpha value is -1.36. The molecule has 85 valence electrons. The second kappa shape index (κ2) is 3.31. The average Bonchev–Trinajstić information content (AvgIpc) is 3.00. The summed E-state index contributed by atoms with van der Waals surface area (Å²) in [7, 11) is 0. The van der Waals surface area contributed by atoms with E-state index in [0.29, 0.717) is 11.6 Å². The van der Waals surface area contributed by atoms with Gasteiger partial charge in [-0.05, 0) is 25.0 Å². The van der Waals surface area contributed by atoms with Crippen molar-refractivity contribution in [3.63, 3.8) is 0 Å². The number of rotatable bonds is 2. The van der Waals surface area contributed by atoms with E-state index in [2.05, 4.69) is 14.8 Å². The molecule has 1 radical (unpaired) electrons. The van der Waals surface area contributed by atoms with E-state index in [0.717, 1.165) is 25.1 Å². The van der Waals surface area contributed by atoms with Gasteiger partial charge in [-0.3, -0.25) is 4.74 Å². The Kier molecular flexibility index (Phi) is 2.04. The number of hydrogen-bond donors (Lipinski definition) is 1. The van der Waals surface area contributed by atoms with Gasteiger partial charge in [0, 0.05) is 17.3 Å². The Morgan fingerprint density at radius 1 is 1.31 bits per heavy atom. The highest BCUT2D eigenvalue weighted by atomic mass is 19.3. The van der Waals surface area contributed by atoms with Crippen LogP contribution in [0.3, 0.4) is 0 Å². The Morgan fingerprint density at radius 2 is 2.12 bits per heavy atom. The molecule has 1 N–H and O–H groups in total. The van der Waals surface area contributed by atoms with Gasteiger partial charge in [-0.15, -0.1) is 8.78 Å². The zero-order chi connectivity index (χ0) is 11.2. The molecular weight excluding hydrogens is 216 g/mol. The van der Waals surface area contributed by atoms with Crippen molar-refractivity contribution in [3.8, 4) is 5.75 Å². The third kappa shape index (κ3) is 1.82. The summed E-state index contributed by atoms with van der Waals surface area (Å²) in [5.41, 5.74) is 1.32. The summed E-state index contributed by atoms with van der Waals surface area (Å²) in [5, 5.41) is 3.24. The van der Waals surface area contributed by atoms with E-state index in [1.54, 1.807) is 6.07 Å². The number of halogens is 2. The van der Waals surface area contributed by atoms with Crippen LogP contribution in [0.1, 0.15) is 18.4 Å². The lowest BCUT2D eigenvalue weighted by atomic mass is 10.1. The van der Waals surface area contributed by atoms with Crippen molar-refractivity contribution in [1.82, 2.24) is 0 Å². The summed E-state index contributed by atoms with van der Waals surface area (Å²) < 4.78 is 34.2. The summed E-state index contributed by atoms with van der Waals surface area (Å²) in [6, 6.07) is 5.45. The van der Waals surface area contributed by atoms with Gasteiger partial charge in [0.15, 0.2) is 0 Å². The number of hydrogen-bond acceptors (Lipinski definition) is 3. The maximum atomic E-state index is 12.8. The average molecular weight is 226 g/mol. The van der Waals surface area contributed by atoms with Crippen LogP contribution >= 0.6 is 0 Å². The van der Waals surface area contributed by atoms with E-state index in [9.17, 15) is 8.78 Å². The van der Waals surface area contributed by atoms with Crippen molar-refractivity contribution in [2.24, 2.45) is 0 Å². The van der Waals surface area contributed by atoms with Crippen molar-refractivity contribution in [2.45, 2.75) is 25.2 Å². The summed E-state index contributed by atoms with van der Waals surface area (Å²) >= 11 is 0. The molecule has 1 aliphatic carbocycles. The largest absolute Gasteiger partial charge is 0.535 e. The van der Waals surface area contributed by atoms with Gasteiger partial charge >= 0.3 is 6.29 Å². The number of fused-ring (bicyclic) bond motifs is 1. The van der Waals surface area contributed by atoms with Crippen LogP contribution in [0, 0.1) is 6.61 Å². The van der Waals surface area contributed by atoms with E-state index in [1.165, 1.54) is 6.07 Å². The fourth-order valence-corrected chi connectivity index (χ4v) is 1.61. The second-order valence-corrected chi connectivity index (χ2v) is 3.94. The summed E-state index contributed by atoms with van der Waals surface area (Å²) in [6.45, 7) is 1.05. The van der Waals surface area contributed by atoms with E-state index >= 15 is 0 Å². The summed E-state index contributed by atoms with van der Waals surface area (Å²) in [5.74, 6) is 0.141. The Bertz CT molecular complexity index is 404. The second-order valence-electron chi connectivity index (χ2n) is 3.94. The number of ether oxygens (including phenoxy) is 2. The molecular formula is C11H10F2NO2. The minimum Gasteiger partial charge on any atom is -0.409 e. The first-order valence-corrected chi connectivity index (χ1v) is 5.11. The van der Waals surface area contributed by atoms with Crippen LogP contribution in [0.15, 0.2) is 18.2 Å². The highest BCUT2D eigenvalue weighted by Gasteiger charge is 2.40. The van der Waals surface area contributed by atoms with Crippen LogP contribution in [-0.2, 0) is 4.74 Å². The van der Waals surface area contributed by atoms with Gasteiger partial charge in [-0.2, -0.15) is 0 Å². The highest BCUT2D eigenvalue weighted by Crippen LogP contribution is 2.39. The van der Waals surface area contributed by atoms with Crippen molar-refractivity contribution in [3.05, 3.63) is 30.4 Å². The molecule has 0 unspecified atom stereocenters. The number of anilines is 1. The Labute approximate surface area is 91.4 Å². The molecule has 16 heavy (non-hydrogen) atoms. The van der Waals surface area contributed by atoms with Crippen molar-refractivity contribution >= 4 is 5.69 Å². The molecule has 3 rings (SSSR count). The third-order valence-corrected chi connectivity index (χ3v) is 2.55. The monoisotopic (exact) mass is 226 g/mol. The molecule has 1 saturated carbocycles. The van der Waals surface area contributed by atoms with Gasteiger partial charge in [0.1, 0.15) is 12.4 Å². The van der Waals surface area contributed by atoms with Crippen LogP contribution in [0.5, 0.6) is 5.75 Å². The molecule has 0 saturated heterocycles. The molecule has 1 aromatic rings. The van der Waals surface area contributed by atoms with E-state index in [-0.39, 0.29) is 5.75 Å². The lowest BCUT2D eigenvalue weighted by Crippen LogP contribution is -2.31. The lowest BCUT2D eigenvalue weighted by Gasteiger charge is -2.25. The summed E-state index contributed by atoms with van der Waals surface area (Å²) in [4.78, 5) is 0. The number of benzene rings is 1. The van der Waals surface area contributed by atoms with E-state index < -0.39 is 6.29 Å². The Morgan fingerprint density at radius 3 is 2.88 bits per heavy atom. The molecule has 0 bridgehead atoms. The smallest absolute Gasteiger partial charge is 0.409 e. The van der Waals surface area contributed by atoms with Crippen molar-refractivity contribution in [2.75, 3.05) is 5.32 Å². The van der Waals surface area contributed by atoms with Crippen LogP contribution in [-0.4, -0.2) is 12.3 Å². The molecule has 0 aromatic heterocycles. The zero-order valence-electron chi connectivity index (χ0n) is 8.37. The fraction of sp³-hybridized carbons (Fsp3) is 0.364. The predicted octanol–water partition coefficient (Wildman–Crippen LogP) is 2.73. The normalized spacial score (nSPS) is 22.1. The third-order valence-electron chi connectivity index (χ3n) is 2.55. The molecule has 0 amide bonds. The molecule has 5 heteroatoms. The summed E-state index contributed by atoms with van der Waals surface area (Å²) in [6.07, 6.45) is -1.34. The molecule has 2 aliphatic rings. The topological polar surface area (TPSA) is 30.5 Å². The van der Waals surface area contributed by atoms with Gasteiger partial charge in [-0.1, -0.05) is 6.07 Å². The van der Waals surface area contributed by atoms with Crippen LogP contribution < -0.4 is 10.1 Å². The zero-order valence-corrected chi connectivity index (χ0v) is 8.37. The molecule has 1 aliphatic heterocycles. The van der Waals surface area contributed by atoms with Crippen molar-refractivity contribution in [1.29, 1.82) is 0 Å². The van der Waals surface area contributed by atoms with E-state index in [4.69, 9.17) is 0 Å². The first kappa shape index (κ1) is 9.84. The molecule has 0 atom stereocenters. The van der Waals surface area contributed by atoms with Gasteiger partial charge in [0.25, 0.3) is 0 Å². The van der Waals surface area contributed by atoms with Gasteiger partial charge in [0.2, 0.25) is 0 Å². The minimum absolute atomic E-state index is 0.141.